The largest absolute Gasteiger partial charge is 0.508 e. The van der Waals surface area contributed by atoms with E-state index in [0.717, 1.165) is 32.0 Å². The molecule has 4 rings (SSSR count). The summed E-state index contributed by atoms with van der Waals surface area (Å²) in [6.07, 6.45) is 12.1. The summed E-state index contributed by atoms with van der Waals surface area (Å²) in [5.41, 5.74) is 1.17. The maximum atomic E-state index is 9.45. The molecule has 7 nitrogen and oxygen atoms in total. The molecule has 2 aliphatic rings. The second kappa shape index (κ2) is 10.5. The molecule has 1 aliphatic heterocycles. The quantitative estimate of drug-likeness (QED) is 0.625. The fraction of sp³-hybridized carbons (Fsp3) is 0.609. The summed E-state index contributed by atoms with van der Waals surface area (Å²) in [6.45, 7) is 2.76. The molecule has 1 aliphatic carbocycles. The van der Waals surface area contributed by atoms with Gasteiger partial charge in [-0.2, -0.15) is 15.0 Å². The minimum absolute atomic E-state index is 0.296. The normalized spacial score (nSPS) is 18.1. The highest BCUT2D eigenvalue weighted by Crippen LogP contribution is 2.23. The fourth-order valence-corrected chi connectivity index (χ4v) is 4.33. The summed E-state index contributed by atoms with van der Waals surface area (Å²) in [7, 11) is 0. The van der Waals surface area contributed by atoms with Gasteiger partial charge in [0.2, 0.25) is 17.8 Å². The predicted octanol–water partition coefficient (Wildman–Crippen LogP) is 4.36. The molecule has 0 bridgehead atoms. The van der Waals surface area contributed by atoms with Gasteiger partial charge in [-0.3, -0.25) is 0 Å². The molecule has 30 heavy (non-hydrogen) atoms. The van der Waals surface area contributed by atoms with Gasteiger partial charge in [0, 0.05) is 25.7 Å². The van der Waals surface area contributed by atoms with Gasteiger partial charge in [0.1, 0.15) is 5.75 Å². The third-order valence-corrected chi connectivity index (χ3v) is 6.08. The first-order chi connectivity index (χ1) is 14.8. The molecule has 0 amide bonds. The highest BCUT2D eigenvalue weighted by molar-refractivity contribution is 5.44. The number of phenols is 1. The molecule has 0 unspecified atom stereocenters. The van der Waals surface area contributed by atoms with E-state index in [-0.39, 0.29) is 0 Å². The summed E-state index contributed by atoms with van der Waals surface area (Å²) in [4.78, 5) is 16.5. The number of aromatic nitrogens is 3. The van der Waals surface area contributed by atoms with Crippen LogP contribution in [-0.4, -0.2) is 45.7 Å². The lowest BCUT2D eigenvalue weighted by molar-refractivity contribution is 0.475. The molecule has 2 heterocycles. The van der Waals surface area contributed by atoms with Crippen molar-refractivity contribution in [3.05, 3.63) is 29.8 Å². The molecule has 2 aromatic rings. The van der Waals surface area contributed by atoms with E-state index in [9.17, 15) is 5.11 Å². The fourth-order valence-electron chi connectivity index (χ4n) is 4.33. The van der Waals surface area contributed by atoms with Crippen molar-refractivity contribution in [2.45, 2.75) is 70.3 Å². The van der Waals surface area contributed by atoms with E-state index in [4.69, 9.17) is 9.97 Å². The Morgan fingerprint density at radius 2 is 1.50 bits per heavy atom. The van der Waals surface area contributed by atoms with E-state index >= 15 is 0 Å². The van der Waals surface area contributed by atoms with Gasteiger partial charge in [0.15, 0.2) is 0 Å². The van der Waals surface area contributed by atoms with E-state index in [1.54, 1.807) is 12.1 Å². The van der Waals surface area contributed by atoms with Crippen LogP contribution < -0.4 is 15.5 Å². The highest BCUT2D eigenvalue weighted by atomic mass is 16.3. The monoisotopic (exact) mass is 410 g/mol. The number of anilines is 3. The molecule has 7 heteroatoms. The summed E-state index contributed by atoms with van der Waals surface area (Å²) >= 11 is 0. The van der Waals surface area contributed by atoms with Gasteiger partial charge in [-0.25, -0.2) is 0 Å². The van der Waals surface area contributed by atoms with Gasteiger partial charge in [0.05, 0.1) is 0 Å². The zero-order valence-electron chi connectivity index (χ0n) is 17.8. The molecule has 1 aromatic heterocycles. The van der Waals surface area contributed by atoms with Crippen molar-refractivity contribution in [2.75, 3.05) is 35.2 Å². The number of nitrogens with zero attached hydrogens (tertiary/aromatic N) is 4. The Morgan fingerprint density at radius 3 is 2.23 bits per heavy atom. The molecular weight excluding hydrogens is 376 g/mol. The van der Waals surface area contributed by atoms with E-state index in [1.165, 1.54) is 63.4 Å². The molecule has 2 fully saturated rings. The first-order valence-electron chi connectivity index (χ1n) is 11.6. The Bertz CT molecular complexity index is 783. The van der Waals surface area contributed by atoms with Crippen LogP contribution in [0.1, 0.15) is 63.4 Å². The van der Waals surface area contributed by atoms with Crippen LogP contribution in [0.3, 0.4) is 0 Å². The van der Waals surface area contributed by atoms with Crippen LogP contribution in [-0.2, 0) is 6.42 Å². The summed E-state index contributed by atoms with van der Waals surface area (Å²) in [5, 5.41) is 16.4. The highest BCUT2D eigenvalue weighted by Gasteiger charge is 2.19. The van der Waals surface area contributed by atoms with Crippen molar-refractivity contribution in [2.24, 2.45) is 0 Å². The second-order valence-electron chi connectivity index (χ2n) is 8.51. The predicted molar refractivity (Wildman–Crippen MR) is 121 cm³/mol. The second-order valence-corrected chi connectivity index (χ2v) is 8.51. The Kier molecular flexibility index (Phi) is 7.21. The number of aromatic hydroxyl groups is 1. The molecule has 0 spiro atoms. The number of hydrogen-bond donors (Lipinski definition) is 3. The van der Waals surface area contributed by atoms with Crippen molar-refractivity contribution in [1.29, 1.82) is 0 Å². The van der Waals surface area contributed by atoms with Crippen molar-refractivity contribution < 1.29 is 5.11 Å². The maximum absolute atomic E-state index is 9.45. The first-order valence-corrected chi connectivity index (χ1v) is 11.6. The number of rotatable bonds is 7. The van der Waals surface area contributed by atoms with Crippen LogP contribution in [0.25, 0.3) is 0 Å². The summed E-state index contributed by atoms with van der Waals surface area (Å²) < 4.78 is 0. The van der Waals surface area contributed by atoms with Crippen molar-refractivity contribution in [1.82, 2.24) is 15.0 Å². The molecule has 0 atom stereocenters. The molecular formula is C23H34N6O. The summed E-state index contributed by atoms with van der Waals surface area (Å²) in [5.74, 6) is 2.42. The number of hydrogen-bond acceptors (Lipinski definition) is 7. The van der Waals surface area contributed by atoms with Crippen LogP contribution in [0.2, 0.25) is 0 Å². The SMILES string of the molecule is Oc1ccc(CCNc2nc(NC3CCCC3)nc(N3CCCCCCC3)n2)cc1. The topological polar surface area (TPSA) is 86.2 Å². The standard InChI is InChI=1S/C23H34N6O/c30-20-12-10-18(11-13-20)14-15-24-21-26-22(25-19-8-4-5-9-19)28-23(27-21)29-16-6-2-1-3-7-17-29/h10-13,19,30H,1-9,14-17H2,(H2,24,25,26,27,28). The van der Waals surface area contributed by atoms with Gasteiger partial charge in [-0.05, 0) is 49.8 Å². The van der Waals surface area contributed by atoms with E-state index < -0.39 is 0 Å². The Morgan fingerprint density at radius 1 is 0.833 bits per heavy atom. The minimum atomic E-state index is 0.296. The number of nitrogens with one attached hydrogen (secondary N) is 2. The average molecular weight is 411 g/mol. The lowest BCUT2D eigenvalue weighted by Gasteiger charge is -2.25. The number of benzene rings is 1. The molecule has 1 aromatic carbocycles. The molecule has 1 saturated carbocycles. The van der Waals surface area contributed by atoms with Crippen LogP contribution in [0.5, 0.6) is 5.75 Å². The molecule has 0 radical (unpaired) electrons. The third kappa shape index (κ3) is 5.97. The minimum Gasteiger partial charge on any atom is -0.508 e. The lowest BCUT2D eigenvalue weighted by atomic mass is 10.1. The van der Waals surface area contributed by atoms with Crippen LogP contribution >= 0.6 is 0 Å². The van der Waals surface area contributed by atoms with E-state index in [1.807, 2.05) is 12.1 Å². The maximum Gasteiger partial charge on any atom is 0.231 e. The summed E-state index contributed by atoms with van der Waals surface area (Å²) in [6, 6.07) is 7.81. The lowest BCUT2D eigenvalue weighted by Crippen LogP contribution is -2.30. The Hall–Kier alpha value is -2.57. The Labute approximate surface area is 179 Å². The third-order valence-electron chi connectivity index (χ3n) is 6.08. The smallest absolute Gasteiger partial charge is 0.231 e. The van der Waals surface area contributed by atoms with Crippen molar-refractivity contribution >= 4 is 17.8 Å². The van der Waals surface area contributed by atoms with Gasteiger partial charge in [-0.15, -0.1) is 0 Å². The van der Waals surface area contributed by atoms with Crippen molar-refractivity contribution in [3.63, 3.8) is 0 Å². The number of phenolic OH excluding ortho intramolecular Hbond substituents is 1. The molecule has 162 valence electrons. The van der Waals surface area contributed by atoms with Gasteiger partial charge >= 0.3 is 0 Å². The van der Waals surface area contributed by atoms with Crippen LogP contribution in [0, 0.1) is 0 Å². The molecule has 3 N–H and O–H groups in total. The van der Waals surface area contributed by atoms with Crippen molar-refractivity contribution in [3.8, 4) is 5.75 Å². The first kappa shape index (κ1) is 20.7. The molecule has 1 saturated heterocycles. The average Bonchev–Trinajstić information content (AvgIpc) is 3.22. The van der Waals surface area contributed by atoms with Crippen LogP contribution in [0.4, 0.5) is 17.8 Å². The zero-order valence-corrected chi connectivity index (χ0v) is 17.8. The van der Waals surface area contributed by atoms with Crippen LogP contribution in [0.15, 0.2) is 24.3 Å². The van der Waals surface area contributed by atoms with E-state index in [0.29, 0.717) is 23.7 Å². The zero-order chi connectivity index (χ0) is 20.6. The van der Waals surface area contributed by atoms with Gasteiger partial charge < -0.3 is 20.6 Å². The van der Waals surface area contributed by atoms with Gasteiger partial charge in [-0.1, -0.05) is 44.2 Å². The van der Waals surface area contributed by atoms with E-state index in [2.05, 4.69) is 20.5 Å². The Balaban J connectivity index is 1.46. The van der Waals surface area contributed by atoms with Gasteiger partial charge in [0.25, 0.3) is 0 Å².